The van der Waals surface area contributed by atoms with Crippen LogP contribution in [0.4, 0.5) is 5.82 Å². The van der Waals surface area contributed by atoms with Gasteiger partial charge in [-0.1, -0.05) is 0 Å². The molecule has 1 aliphatic rings. The number of carbonyl (C=O) groups excluding carboxylic acids is 1. The van der Waals surface area contributed by atoms with Crippen molar-refractivity contribution in [3.05, 3.63) is 46.6 Å². The number of aromatic nitrogens is 3. The molecule has 1 saturated heterocycles. The molecule has 126 valence electrons. The maximum Gasteiger partial charge on any atom is 0.357 e. The van der Waals surface area contributed by atoms with E-state index < -0.39 is 0 Å². The molecule has 0 unspecified atom stereocenters. The van der Waals surface area contributed by atoms with Gasteiger partial charge in [-0.25, -0.2) is 19.7 Å². The Labute approximate surface area is 149 Å². The smallest absolute Gasteiger partial charge is 0.357 e. The second-order valence-corrected chi connectivity index (χ2v) is 6.82. The molecule has 2 aromatic rings. The molecule has 1 fully saturated rings. The summed E-state index contributed by atoms with van der Waals surface area (Å²) in [6.07, 6.45) is 5.16. The molecule has 0 N–H and O–H groups in total. The maximum atomic E-state index is 12.0. The third-order valence-electron chi connectivity index (χ3n) is 4.11. The van der Waals surface area contributed by atoms with Crippen LogP contribution in [0.15, 0.2) is 35.2 Å². The van der Waals surface area contributed by atoms with Gasteiger partial charge in [0, 0.05) is 29.5 Å². The lowest BCUT2D eigenvalue weighted by atomic mass is 9.98. The van der Waals surface area contributed by atoms with Crippen LogP contribution in [0.1, 0.15) is 29.0 Å². The van der Waals surface area contributed by atoms with Gasteiger partial charge in [-0.05, 0) is 59.8 Å². The van der Waals surface area contributed by atoms with Gasteiger partial charge in [-0.2, -0.15) is 0 Å². The summed E-state index contributed by atoms with van der Waals surface area (Å²) in [4.78, 5) is 26.6. The van der Waals surface area contributed by atoms with E-state index in [0.29, 0.717) is 18.2 Å². The number of esters is 1. The number of aryl methyl sites for hydroxylation is 1. The van der Waals surface area contributed by atoms with Crippen LogP contribution in [0.25, 0.3) is 0 Å². The molecule has 24 heavy (non-hydrogen) atoms. The monoisotopic (exact) mass is 390 g/mol. The Morgan fingerprint density at radius 2 is 2.08 bits per heavy atom. The summed E-state index contributed by atoms with van der Waals surface area (Å²) in [7, 11) is 0. The highest BCUT2D eigenvalue weighted by atomic mass is 79.9. The van der Waals surface area contributed by atoms with Crippen molar-refractivity contribution < 1.29 is 9.53 Å². The number of carbonyl (C=O) groups is 1. The predicted molar refractivity (Wildman–Crippen MR) is 93.9 cm³/mol. The van der Waals surface area contributed by atoms with E-state index in [-0.39, 0.29) is 5.97 Å². The van der Waals surface area contributed by atoms with Crippen LogP contribution in [0.5, 0.6) is 0 Å². The number of halogens is 1. The van der Waals surface area contributed by atoms with Crippen molar-refractivity contribution in [1.29, 1.82) is 0 Å². The molecule has 0 aromatic carbocycles. The van der Waals surface area contributed by atoms with E-state index in [1.165, 1.54) is 6.33 Å². The third-order valence-corrected chi connectivity index (χ3v) is 4.58. The Hall–Kier alpha value is -2.02. The summed E-state index contributed by atoms with van der Waals surface area (Å²) in [5.41, 5.74) is 1.08. The summed E-state index contributed by atoms with van der Waals surface area (Å²) in [5, 5.41) is 0. The standard InChI is InChI=1S/C17H19BrN4O2/c1-12-8-15(21-11-20-12)17(23)24-10-13-4-6-22(7-5-13)16-3-2-14(18)9-19-16/h2-3,8-9,11,13H,4-7,10H2,1H3. The number of piperidine rings is 1. The first kappa shape index (κ1) is 16.8. The van der Waals surface area contributed by atoms with Gasteiger partial charge >= 0.3 is 5.97 Å². The maximum absolute atomic E-state index is 12.0. The minimum atomic E-state index is -0.377. The van der Waals surface area contributed by atoms with Crippen molar-refractivity contribution in [2.24, 2.45) is 5.92 Å². The summed E-state index contributed by atoms with van der Waals surface area (Å²) in [6.45, 7) is 4.10. The van der Waals surface area contributed by atoms with E-state index in [2.05, 4.69) is 35.8 Å². The number of anilines is 1. The van der Waals surface area contributed by atoms with E-state index in [0.717, 1.165) is 41.9 Å². The van der Waals surface area contributed by atoms with Crippen molar-refractivity contribution in [2.45, 2.75) is 19.8 Å². The van der Waals surface area contributed by atoms with Crippen LogP contribution >= 0.6 is 15.9 Å². The van der Waals surface area contributed by atoms with Gasteiger partial charge in [0.15, 0.2) is 5.69 Å². The van der Waals surface area contributed by atoms with E-state index >= 15 is 0 Å². The second-order valence-electron chi connectivity index (χ2n) is 5.91. The molecule has 6 nitrogen and oxygen atoms in total. The Bertz CT molecular complexity index is 700. The SMILES string of the molecule is Cc1cc(C(=O)OCC2CCN(c3ccc(Br)cn3)CC2)ncn1. The van der Waals surface area contributed by atoms with Gasteiger partial charge in [-0.3, -0.25) is 0 Å². The predicted octanol–water partition coefficient (Wildman–Crippen LogP) is 3.02. The summed E-state index contributed by atoms with van der Waals surface area (Å²) < 4.78 is 6.39. The Morgan fingerprint density at radius 1 is 1.29 bits per heavy atom. The van der Waals surface area contributed by atoms with Crippen molar-refractivity contribution >= 4 is 27.7 Å². The van der Waals surface area contributed by atoms with E-state index in [4.69, 9.17) is 4.74 Å². The quantitative estimate of drug-likeness (QED) is 0.747. The fourth-order valence-corrected chi connectivity index (χ4v) is 2.95. The highest BCUT2D eigenvalue weighted by Gasteiger charge is 2.22. The Kier molecular flexibility index (Phi) is 5.40. The lowest BCUT2D eigenvalue weighted by Crippen LogP contribution is -2.35. The number of nitrogens with zero attached hydrogens (tertiary/aromatic N) is 4. The fourth-order valence-electron chi connectivity index (χ4n) is 2.72. The zero-order valence-corrected chi connectivity index (χ0v) is 15.1. The van der Waals surface area contributed by atoms with Gasteiger partial charge < -0.3 is 9.64 Å². The molecule has 1 aliphatic heterocycles. The van der Waals surface area contributed by atoms with Gasteiger partial charge in [-0.15, -0.1) is 0 Å². The topological polar surface area (TPSA) is 68.2 Å². The fraction of sp³-hybridized carbons (Fsp3) is 0.412. The Morgan fingerprint density at radius 3 is 2.75 bits per heavy atom. The molecule has 0 atom stereocenters. The highest BCUT2D eigenvalue weighted by Crippen LogP contribution is 2.23. The van der Waals surface area contributed by atoms with E-state index in [1.807, 2.05) is 25.3 Å². The molecule has 2 aromatic heterocycles. The second kappa shape index (κ2) is 7.70. The lowest BCUT2D eigenvalue weighted by molar-refractivity contribution is 0.0413. The number of hydrogen-bond acceptors (Lipinski definition) is 6. The molecule has 7 heteroatoms. The van der Waals surface area contributed by atoms with Crippen LogP contribution in [0, 0.1) is 12.8 Å². The van der Waals surface area contributed by atoms with Crippen LogP contribution in [-0.2, 0) is 4.74 Å². The molecule has 0 amide bonds. The van der Waals surface area contributed by atoms with E-state index in [1.54, 1.807) is 6.07 Å². The zero-order valence-electron chi connectivity index (χ0n) is 13.5. The average Bonchev–Trinajstić information content (AvgIpc) is 2.61. The minimum absolute atomic E-state index is 0.319. The number of pyridine rings is 1. The zero-order chi connectivity index (χ0) is 16.9. The molecule has 3 rings (SSSR count). The van der Waals surface area contributed by atoms with Gasteiger partial charge in [0.2, 0.25) is 0 Å². The van der Waals surface area contributed by atoms with Crippen LogP contribution in [0.2, 0.25) is 0 Å². The van der Waals surface area contributed by atoms with Crippen molar-refractivity contribution in [1.82, 2.24) is 15.0 Å². The molecular weight excluding hydrogens is 372 g/mol. The van der Waals surface area contributed by atoms with Crippen molar-refractivity contribution in [2.75, 3.05) is 24.6 Å². The molecule has 0 radical (unpaired) electrons. The minimum Gasteiger partial charge on any atom is -0.461 e. The largest absolute Gasteiger partial charge is 0.461 e. The summed E-state index contributed by atoms with van der Waals surface area (Å²) in [5.74, 6) is 0.992. The van der Waals surface area contributed by atoms with Gasteiger partial charge in [0.1, 0.15) is 12.1 Å². The lowest BCUT2D eigenvalue weighted by Gasteiger charge is -2.32. The molecule has 0 bridgehead atoms. The molecule has 3 heterocycles. The molecule has 0 aliphatic carbocycles. The number of ether oxygens (including phenoxy) is 1. The average molecular weight is 391 g/mol. The first-order chi connectivity index (χ1) is 11.6. The van der Waals surface area contributed by atoms with Crippen LogP contribution in [-0.4, -0.2) is 40.6 Å². The van der Waals surface area contributed by atoms with Crippen LogP contribution in [0.3, 0.4) is 0 Å². The summed E-state index contributed by atoms with van der Waals surface area (Å²) >= 11 is 3.40. The third kappa shape index (κ3) is 4.29. The van der Waals surface area contributed by atoms with Crippen molar-refractivity contribution in [3.63, 3.8) is 0 Å². The number of rotatable bonds is 4. The van der Waals surface area contributed by atoms with Crippen LogP contribution < -0.4 is 4.90 Å². The first-order valence-electron chi connectivity index (χ1n) is 7.94. The summed E-state index contributed by atoms with van der Waals surface area (Å²) in [6, 6.07) is 5.66. The molecule has 0 spiro atoms. The Balaban J connectivity index is 1.47. The molecule has 0 saturated carbocycles. The molecular formula is C17H19BrN4O2. The highest BCUT2D eigenvalue weighted by molar-refractivity contribution is 9.10. The van der Waals surface area contributed by atoms with Crippen molar-refractivity contribution in [3.8, 4) is 0 Å². The first-order valence-corrected chi connectivity index (χ1v) is 8.73. The van der Waals surface area contributed by atoms with Gasteiger partial charge in [0.25, 0.3) is 0 Å². The van der Waals surface area contributed by atoms with E-state index in [9.17, 15) is 4.79 Å². The normalized spacial score (nSPS) is 15.3. The van der Waals surface area contributed by atoms with Gasteiger partial charge in [0.05, 0.1) is 6.61 Å². The number of hydrogen-bond donors (Lipinski definition) is 0.